The van der Waals surface area contributed by atoms with Gasteiger partial charge in [-0.15, -0.1) is 11.3 Å². The maximum atomic E-state index is 12.9. The van der Waals surface area contributed by atoms with Gasteiger partial charge in [-0.1, -0.05) is 41.9 Å². The largest absolute Gasteiger partial charge is 0.454 e. The number of amides is 1. The Morgan fingerprint density at radius 2 is 2.00 bits per heavy atom. The Kier molecular flexibility index (Phi) is 5.09. The first kappa shape index (κ1) is 19.6. The van der Waals surface area contributed by atoms with Crippen molar-refractivity contribution in [3.63, 3.8) is 0 Å². The van der Waals surface area contributed by atoms with E-state index in [1.54, 1.807) is 11.6 Å². The van der Waals surface area contributed by atoms with Gasteiger partial charge in [-0.2, -0.15) is 5.10 Å². The predicted octanol–water partition coefficient (Wildman–Crippen LogP) is 5.00. The van der Waals surface area contributed by atoms with Crippen molar-refractivity contribution in [3.05, 3.63) is 75.9 Å². The highest BCUT2D eigenvalue weighted by atomic mass is 35.5. The van der Waals surface area contributed by atoms with Crippen LogP contribution in [0, 0.1) is 6.92 Å². The van der Waals surface area contributed by atoms with Gasteiger partial charge in [-0.25, -0.2) is 9.67 Å². The molecule has 4 aromatic rings. The van der Waals surface area contributed by atoms with Gasteiger partial charge < -0.3 is 9.47 Å². The predicted molar refractivity (Wildman–Crippen MR) is 119 cm³/mol. The molecule has 1 aliphatic rings. The molecular weight excluding hydrogens is 436 g/mol. The molecule has 7 nitrogen and oxygen atoms in total. The van der Waals surface area contributed by atoms with E-state index in [0.717, 1.165) is 16.8 Å². The van der Waals surface area contributed by atoms with Crippen molar-refractivity contribution in [2.45, 2.75) is 13.5 Å². The standard InChI is InChI=1S/C22H17ClN4O3S/c1-13-19(20(23)27(26-13)10-14-5-3-2-4-6-14)21(28)25-22-24-16(11-31-22)15-7-8-17-18(9-15)30-12-29-17/h2-9,11H,10,12H2,1H3,(H,24,25,28). The van der Waals surface area contributed by atoms with E-state index in [9.17, 15) is 4.79 Å². The zero-order chi connectivity index (χ0) is 21.4. The van der Waals surface area contributed by atoms with E-state index in [1.165, 1.54) is 11.3 Å². The molecule has 0 aliphatic carbocycles. The minimum atomic E-state index is -0.339. The third-order valence-electron chi connectivity index (χ3n) is 4.86. The number of carbonyl (C=O) groups is 1. The van der Waals surface area contributed by atoms with Crippen LogP contribution in [-0.4, -0.2) is 27.5 Å². The second-order valence-corrected chi connectivity index (χ2v) is 8.17. The fraction of sp³-hybridized carbons (Fsp3) is 0.136. The van der Waals surface area contributed by atoms with Crippen LogP contribution in [0.4, 0.5) is 5.13 Å². The van der Waals surface area contributed by atoms with Crippen molar-refractivity contribution in [2.24, 2.45) is 0 Å². The fourth-order valence-corrected chi connectivity index (χ4v) is 4.39. The Hall–Kier alpha value is -3.36. The highest BCUT2D eigenvalue weighted by Crippen LogP contribution is 2.36. The number of fused-ring (bicyclic) bond motifs is 1. The van der Waals surface area contributed by atoms with E-state index in [4.69, 9.17) is 21.1 Å². The molecule has 0 spiro atoms. The van der Waals surface area contributed by atoms with E-state index in [0.29, 0.717) is 39.6 Å². The number of nitrogens with zero attached hydrogens (tertiary/aromatic N) is 3. The summed E-state index contributed by atoms with van der Waals surface area (Å²) in [6.45, 7) is 2.47. The number of rotatable bonds is 5. The summed E-state index contributed by atoms with van der Waals surface area (Å²) in [6, 6.07) is 15.4. The smallest absolute Gasteiger partial charge is 0.262 e. The third kappa shape index (κ3) is 3.87. The van der Waals surface area contributed by atoms with Gasteiger partial charge in [0.05, 0.1) is 23.5 Å². The molecule has 0 unspecified atom stereocenters. The number of halogens is 1. The third-order valence-corrected chi connectivity index (χ3v) is 6.00. The van der Waals surface area contributed by atoms with Gasteiger partial charge in [0.25, 0.3) is 5.91 Å². The minimum Gasteiger partial charge on any atom is -0.454 e. The van der Waals surface area contributed by atoms with E-state index in [2.05, 4.69) is 15.4 Å². The summed E-state index contributed by atoms with van der Waals surface area (Å²) < 4.78 is 12.4. The lowest BCUT2D eigenvalue weighted by Gasteiger charge is -2.04. The molecule has 31 heavy (non-hydrogen) atoms. The molecule has 0 fully saturated rings. The number of ether oxygens (including phenoxy) is 2. The maximum absolute atomic E-state index is 12.9. The normalized spacial score (nSPS) is 12.2. The summed E-state index contributed by atoms with van der Waals surface area (Å²) in [5, 5.41) is 9.92. The summed E-state index contributed by atoms with van der Waals surface area (Å²) in [5.74, 6) is 1.06. The highest BCUT2D eigenvalue weighted by molar-refractivity contribution is 7.14. The Labute approximate surface area is 187 Å². The summed E-state index contributed by atoms with van der Waals surface area (Å²) in [5.41, 5.74) is 3.57. The molecule has 9 heteroatoms. The first-order valence-corrected chi connectivity index (χ1v) is 10.8. The van der Waals surface area contributed by atoms with Crippen LogP contribution in [0.5, 0.6) is 11.5 Å². The Balaban J connectivity index is 1.34. The second-order valence-electron chi connectivity index (χ2n) is 6.95. The lowest BCUT2D eigenvalue weighted by molar-refractivity contribution is 0.102. The zero-order valence-electron chi connectivity index (χ0n) is 16.5. The first-order valence-electron chi connectivity index (χ1n) is 9.52. The molecule has 0 bridgehead atoms. The molecule has 0 radical (unpaired) electrons. The molecule has 0 saturated carbocycles. The molecule has 0 atom stereocenters. The molecule has 2 aromatic carbocycles. The highest BCUT2D eigenvalue weighted by Gasteiger charge is 2.22. The Morgan fingerprint density at radius 1 is 1.19 bits per heavy atom. The van der Waals surface area contributed by atoms with Crippen molar-refractivity contribution in [2.75, 3.05) is 12.1 Å². The van der Waals surface area contributed by atoms with Crippen molar-refractivity contribution < 1.29 is 14.3 Å². The van der Waals surface area contributed by atoms with E-state index in [1.807, 2.05) is 53.9 Å². The lowest BCUT2D eigenvalue weighted by Crippen LogP contribution is -2.13. The Bertz CT molecular complexity index is 1270. The topological polar surface area (TPSA) is 78.3 Å². The fourth-order valence-electron chi connectivity index (χ4n) is 3.35. The molecular formula is C22H17ClN4O3S. The maximum Gasteiger partial charge on any atom is 0.262 e. The molecule has 3 heterocycles. The zero-order valence-corrected chi connectivity index (χ0v) is 18.0. The number of hydrogen-bond acceptors (Lipinski definition) is 6. The van der Waals surface area contributed by atoms with Crippen LogP contribution < -0.4 is 14.8 Å². The van der Waals surface area contributed by atoms with E-state index in [-0.39, 0.29) is 12.7 Å². The van der Waals surface area contributed by atoms with Crippen molar-refractivity contribution >= 4 is 34.0 Å². The SMILES string of the molecule is Cc1nn(Cc2ccccc2)c(Cl)c1C(=O)Nc1nc(-c2ccc3c(c2)OCO3)cs1. The van der Waals surface area contributed by atoms with Gasteiger partial charge in [-0.3, -0.25) is 10.1 Å². The number of nitrogens with one attached hydrogen (secondary N) is 1. The average Bonchev–Trinajstić information content (AvgIpc) is 3.48. The van der Waals surface area contributed by atoms with Gasteiger partial charge in [-0.05, 0) is 30.7 Å². The van der Waals surface area contributed by atoms with Gasteiger partial charge in [0.1, 0.15) is 5.15 Å². The molecule has 0 saturated heterocycles. The lowest BCUT2D eigenvalue weighted by atomic mass is 10.1. The average molecular weight is 453 g/mol. The molecule has 1 amide bonds. The van der Waals surface area contributed by atoms with Crippen LogP contribution in [-0.2, 0) is 6.54 Å². The van der Waals surface area contributed by atoms with Crippen LogP contribution in [0.1, 0.15) is 21.6 Å². The van der Waals surface area contributed by atoms with Gasteiger partial charge >= 0.3 is 0 Å². The van der Waals surface area contributed by atoms with Crippen LogP contribution in [0.15, 0.2) is 53.9 Å². The molecule has 5 rings (SSSR count). The van der Waals surface area contributed by atoms with Crippen molar-refractivity contribution in [3.8, 4) is 22.8 Å². The summed E-state index contributed by atoms with van der Waals surface area (Å²) in [6.07, 6.45) is 0. The second kappa shape index (κ2) is 8.05. The van der Waals surface area contributed by atoms with E-state index < -0.39 is 0 Å². The Morgan fingerprint density at radius 3 is 2.84 bits per heavy atom. The summed E-state index contributed by atoms with van der Waals surface area (Å²) in [7, 11) is 0. The minimum absolute atomic E-state index is 0.217. The molecule has 1 N–H and O–H groups in total. The number of anilines is 1. The number of carbonyl (C=O) groups excluding carboxylic acids is 1. The monoisotopic (exact) mass is 452 g/mol. The van der Waals surface area contributed by atoms with Crippen LogP contribution >= 0.6 is 22.9 Å². The van der Waals surface area contributed by atoms with Crippen LogP contribution in [0.2, 0.25) is 5.15 Å². The quantitative estimate of drug-likeness (QED) is 0.461. The number of thiazole rings is 1. The molecule has 1 aliphatic heterocycles. The number of aryl methyl sites for hydroxylation is 1. The van der Waals surface area contributed by atoms with Gasteiger partial charge in [0, 0.05) is 10.9 Å². The van der Waals surface area contributed by atoms with Crippen LogP contribution in [0.25, 0.3) is 11.3 Å². The summed E-state index contributed by atoms with van der Waals surface area (Å²) in [4.78, 5) is 17.4. The van der Waals surface area contributed by atoms with Crippen molar-refractivity contribution in [1.82, 2.24) is 14.8 Å². The number of hydrogen-bond donors (Lipinski definition) is 1. The van der Waals surface area contributed by atoms with Crippen LogP contribution in [0.3, 0.4) is 0 Å². The van der Waals surface area contributed by atoms with Gasteiger partial charge in [0.2, 0.25) is 6.79 Å². The van der Waals surface area contributed by atoms with E-state index >= 15 is 0 Å². The van der Waals surface area contributed by atoms with Gasteiger partial charge in [0.15, 0.2) is 16.6 Å². The summed E-state index contributed by atoms with van der Waals surface area (Å²) >= 11 is 7.83. The first-order chi connectivity index (χ1) is 15.1. The molecule has 2 aromatic heterocycles. The number of aromatic nitrogens is 3. The van der Waals surface area contributed by atoms with Crippen molar-refractivity contribution in [1.29, 1.82) is 0 Å². The number of benzene rings is 2. The molecule has 156 valence electrons.